The van der Waals surface area contributed by atoms with Crippen LogP contribution in [0.25, 0.3) is 0 Å². The van der Waals surface area contributed by atoms with Crippen molar-refractivity contribution >= 4 is 34.8 Å². The van der Waals surface area contributed by atoms with Gasteiger partial charge in [-0.2, -0.15) is 0 Å². The van der Waals surface area contributed by atoms with Gasteiger partial charge in [0.05, 0.1) is 11.4 Å². The van der Waals surface area contributed by atoms with Crippen LogP contribution in [0.3, 0.4) is 0 Å². The second-order valence-corrected chi connectivity index (χ2v) is 8.03. The minimum atomic E-state index is -0.891. The van der Waals surface area contributed by atoms with Crippen LogP contribution in [-0.2, 0) is 9.53 Å². The lowest BCUT2D eigenvalue weighted by atomic mass is 10.1. The molecule has 31 heavy (non-hydrogen) atoms. The summed E-state index contributed by atoms with van der Waals surface area (Å²) in [5, 5.41) is 8.16. The molecule has 7 nitrogen and oxygen atoms in total. The Bertz CT molecular complexity index is 970. The highest BCUT2D eigenvalue weighted by atomic mass is 19.1. The monoisotopic (exact) mass is 429 g/mol. The van der Waals surface area contributed by atoms with Crippen molar-refractivity contribution in [2.75, 3.05) is 10.6 Å². The Morgan fingerprint density at radius 2 is 1.77 bits per heavy atom. The standard InChI is InChI=1S/C23H28FN3O4/c1-6-20(28)15-8-7-9-17(12-15)26-19-13-16(24)10-11-18(19)27-21(29)14(2)25-22(30)31-23(3,4)5/h7-14,26H,6H2,1-5H3,(H,25,30)(H,27,29)/t14-/m0/s1. The summed E-state index contributed by atoms with van der Waals surface area (Å²) >= 11 is 0. The fourth-order valence-electron chi connectivity index (χ4n) is 2.65. The topological polar surface area (TPSA) is 96.5 Å². The Kier molecular flexibility index (Phi) is 7.74. The molecule has 0 aromatic heterocycles. The Labute approximate surface area is 181 Å². The number of alkyl carbamates (subject to hydrolysis) is 1. The van der Waals surface area contributed by atoms with E-state index in [2.05, 4.69) is 16.0 Å². The molecule has 0 bridgehead atoms. The molecule has 0 heterocycles. The lowest BCUT2D eigenvalue weighted by Crippen LogP contribution is -2.44. The largest absolute Gasteiger partial charge is 0.444 e. The van der Waals surface area contributed by atoms with Gasteiger partial charge in [-0.15, -0.1) is 0 Å². The van der Waals surface area contributed by atoms with Crippen molar-refractivity contribution in [3.8, 4) is 0 Å². The highest BCUT2D eigenvalue weighted by Gasteiger charge is 2.21. The fourth-order valence-corrected chi connectivity index (χ4v) is 2.65. The molecule has 166 valence electrons. The molecule has 0 aliphatic carbocycles. The smallest absolute Gasteiger partial charge is 0.408 e. The molecule has 0 aliphatic rings. The van der Waals surface area contributed by atoms with Gasteiger partial charge in [0, 0.05) is 17.7 Å². The molecule has 0 aliphatic heterocycles. The maximum Gasteiger partial charge on any atom is 0.408 e. The molecule has 8 heteroatoms. The third-order valence-electron chi connectivity index (χ3n) is 4.15. The maximum absolute atomic E-state index is 13.9. The lowest BCUT2D eigenvalue weighted by Gasteiger charge is -2.22. The number of Topliss-reactive ketones (excluding diaryl/α,β-unsaturated/α-hetero) is 1. The highest BCUT2D eigenvalue weighted by molar-refractivity contribution is 6.00. The van der Waals surface area contributed by atoms with E-state index in [-0.39, 0.29) is 5.78 Å². The van der Waals surface area contributed by atoms with E-state index >= 15 is 0 Å². The Morgan fingerprint density at radius 3 is 2.42 bits per heavy atom. The maximum atomic E-state index is 13.9. The lowest BCUT2D eigenvalue weighted by molar-refractivity contribution is -0.117. The highest BCUT2D eigenvalue weighted by Crippen LogP contribution is 2.27. The van der Waals surface area contributed by atoms with Gasteiger partial charge in [-0.25, -0.2) is 9.18 Å². The SMILES string of the molecule is CCC(=O)c1cccc(Nc2cc(F)ccc2NC(=O)[C@H](C)NC(=O)OC(C)(C)C)c1. The number of benzene rings is 2. The number of ketones is 1. The first-order chi connectivity index (χ1) is 14.5. The summed E-state index contributed by atoms with van der Waals surface area (Å²) in [6.07, 6.45) is -0.349. The molecule has 3 N–H and O–H groups in total. The van der Waals surface area contributed by atoms with Crippen molar-refractivity contribution in [1.29, 1.82) is 0 Å². The van der Waals surface area contributed by atoms with E-state index in [0.717, 1.165) is 0 Å². The molecule has 0 fully saturated rings. The van der Waals surface area contributed by atoms with Gasteiger partial charge >= 0.3 is 6.09 Å². The third kappa shape index (κ3) is 7.40. The summed E-state index contributed by atoms with van der Waals surface area (Å²) in [7, 11) is 0. The van der Waals surface area contributed by atoms with Crippen molar-refractivity contribution in [3.05, 3.63) is 53.8 Å². The number of halogens is 1. The van der Waals surface area contributed by atoms with E-state index in [1.165, 1.54) is 25.1 Å². The van der Waals surface area contributed by atoms with Crippen molar-refractivity contribution in [1.82, 2.24) is 5.32 Å². The van der Waals surface area contributed by atoms with Crippen LogP contribution in [0.1, 0.15) is 51.4 Å². The first-order valence-electron chi connectivity index (χ1n) is 9.98. The summed E-state index contributed by atoms with van der Waals surface area (Å²) in [4.78, 5) is 36.4. The zero-order chi connectivity index (χ0) is 23.2. The van der Waals surface area contributed by atoms with Crippen LogP contribution >= 0.6 is 0 Å². The number of anilines is 3. The van der Waals surface area contributed by atoms with Crippen molar-refractivity contribution in [2.24, 2.45) is 0 Å². The summed E-state index contributed by atoms with van der Waals surface area (Å²) in [5.74, 6) is -1.02. The van der Waals surface area contributed by atoms with Crippen molar-refractivity contribution in [2.45, 2.75) is 52.7 Å². The second-order valence-electron chi connectivity index (χ2n) is 8.03. The molecule has 0 radical (unpaired) electrons. The zero-order valence-electron chi connectivity index (χ0n) is 18.3. The Balaban J connectivity index is 2.15. The van der Waals surface area contributed by atoms with Crippen LogP contribution in [0.5, 0.6) is 0 Å². The van der Waals surface area contributed by atoms with Gasteiger partial charge in [-0.05, 0) is 58.0 Å². The summed E-state index contributed by atoms with van der Waals surface area (Å²) in [6.45, 7) is 8.44. The van der Waals surface area contributed by atoms with Crippen LogP contribution in [0.15, 0.2) is 42.5 Å². The van der Waals surface area contributed by atoms with E-state index in [1.54, 1.807) is 52.0 Å². The zero-order valence-corrected chi connectivity index (χ0v) is 18.3. The summed E-state index contributed by atoms with van der Waals surface area (Å²) < 4.78 is 19.0. The molecule has 1 atom stereocenters. The van der Waals surface area contributed by atoms with E-state index in [0.29, 0.717) is 29.0 Å². The number of carbonyl (C=O) groups excluding carboxylic acids is 3. The normalized spacial score (nSPS) is 11.9. The quantitative estimate of drug-likeness (QED) is 0.538. The number of ether oxygens (including phenoxy) is 1. The predicted octanol–water partition coefficient (Wildman–Crippen LogP) is 5.01. The first-order valence-corrected chi connectivity index (χ1v) is 9.98. The number of nitrogens with one attached hydrogen (secondary N) is 3. The molecule has 2 amide bonds. The van der Waals surface area contributed by atoms with E-state index < -0.39 is 29.5 Å². The second kappa shape index (κ2) is 10.1. The van der Waals surface area contributed by atoms with Gasteiger partial charge < -0.3 is 20.7 Å². The number of hydrogen-bond acceptors (Lipinski definition) is 5. The first kappa shape index (κ1) is 23.9. The number of carbonyl (C=O) groups is 3. The van der Waals surface area contributed by atoms with Crippen molar-refractivity contribution < 1.29 is 23.5 Å². The Hall–Kier alpha value is -3.42. The van der Waals surface area contributed by atoms with Crippen LogP contribution in [0.4, 0.5) is 26.2 Å². The minimum absolute atomic E-state index is 0.0153. The molecule has 0 spiro atoms. The molecule has 2 aromatic rings. The van der Waals surface area contributed by atoms with E-state index in [4.69, 9.17) is 4.74 Å². The number of amides is 2. The van der Waals surface area contributed by atoms with Gasteiger partial charge in [0.25, 0.3) is 0 Å². The van der Waals surface area contributed by atoms with Crippen molar-refractivity contribution in [3.63, 3.8) is 0 Å². The van der Waals surface area contributed by atoms with Crippen LogP contribution < -0.4 is 16.0 Å². The molecule has 0 saturated carbocycles. The number of rotatable bonds is 7. The van der Waals surface area contributed by atoms with Crippen LogP contribution in [0, 0.1) is 5.82 Å². The molecule has 2 aromatic carbocycles. The molecular weight excluding hydrogens is 401 g/mol. The van der Waals surface area contributed by atoms with Gasteiger partial charge in [0.15, 0.2) is 5.78 Å². The van der Waals surface area contributed by atoms with Crippen LogP contribution in [-0.4, -0.2) is 29.4 Å². The van der Waals surface area contributed by atoms with Gasteiger partial charge in [-0.3, -0.25) is 9.59 Å². The Morgan fingerprint density at radius 1 is 1.06 bits per heavy atom. The predicted molar refractivity (Wildman–Crippen MR) is 118 cm³/mol. The molecular formula is C23H28FN3O4. The van der Waals surface area contributed by atoms with Gasteiger partial charge in [-0.1, -0.05) is 19.1 Å². The van der Waals surface area contributed by atoms with Gasteiger partial charge in [0.1, 0.15) is 17.5 Å². The number of hydrogen-bond donors (Lipinski definition) is 3. The van der Waals surface area contributed by atoms with E-state index in [9.17, 15) is 18.8 Å². The minimum Gasteiger partial charge on any atom is -0.444 e. The van der Waals surface area contributed by atoms with Gasteiger partial charge in [0.2, 0.25) is 5.91 Å². The molecule has 0 saturated heterocycles. The molecule has 0 unspecified atom stereocenters. The summed E-state index contributed by atoms with van der Waals surface area (Å²) in [5.41, 5.74) is 1.03. The molecule has 2 rings (SSSR count). The average Bonchev–Trinajstić information content (AvgIpc) is 2.68. The average molecular weight is 429 g/mol. The van der Waals surface area contributed by atoms with Crippen LogP contribution in [0.2, 0.25) is 0 Å². The summed E-state index contributed by atoms with van der Waals surface area (Å²) in [6, 6.07) is 9.78. The fraction of sp³-hybridized carbons (Fsp3) is 0.348. The third-order valence-corrected chi connectivity index (χ3v) is 4.15. The van der Waals surface area contributed by atoms with E-state index in [1.807, 2.05) is 0 Å².